The number of aromatic amines is 1. The van der Waals surface area contributed by atoms with Crippen molar-refractivity contribution < 1.29 is 13.2 Å². The van der Waals surface area contributed by atoms with Gasteiger partial charge < -0.3 is 15.6 Å². The molecule has 1 aliphatic heterocycles. The van der Waals surface area contributed by atoms with Crippen LogP contribution in [0.2, 0.25) is 0 Å². The molecule has 0 spiro atoms. The second-order valence-electron chi connectivity index (χ2n) is 7.74. The molecule has 0 bridgehead atoms. The molecule has 0 saturated heterocycles. The van der Waals surface area contributed by atoms with Crippen LogP contribution in [0.25, 0.3) is 22.3 Å². The molecule has 0 aliphatic carbocycles. The number of halogens is 3. The summed E-state index contributed by atoms with van der Waals surface area (Å²) in [5.41, 5.74) is 3.52. The summed E-state index contributed by atoms with van der Waals surface area (Å²) in [6, 6.07) is 9.16. The van der Waals surface area contributed by atoms with Gasteiger partial charge >= 0.3 is 6.18 Å². The summed E-state index contributed by atoms with van der Waals surface area (Å²) in [6.45, 7) is 1.99. The minimum atomic E-state index is -4.47. The largest absolute Gasteiger partial charge is 0.417 e. The molecule has 3 aromatic heterocycles. The molecule has 0 saturated carbocycles. The van der Waals surface area contributed by atoms with E-state index in [2.05, 4.69) is 36.6 Å². The van der Waals surface area contributed by atoms with Crippen LogP contribution < -0.4 is 10.6 Å². The average Bonchev–Trinajstić information content (AvgIpc) is 3.21. The number of fused-ring (bicyclic) bond motifs is 2. The van der Waals surface area contributed by atoms with Crippen molar-refractivity contribution in [1.29, 1.82) is 0 Å². The van der Waals surface area contributed by atoms with E-state index in [9.17, 15) is 13.2 Å². The summed E-state index contributed by atoms with van der Waals surface area (Å²) in [4.78, 5) is 16.2. The van der Waals surface area contributed by atoms with Crippen LogP contribution in [0.5, 0.6) is 0 Å². The summed E-state index contributed by atoms with van der Waals surface area (Å²) in [5.74, 6) is 0.907. The van der Waals surface area contributed by atoms with Gasteiger partial charge in [-0.15, -0.1) is 0 Å². The van der Waals surface area contributed by atoms with Crippen molar-refractivity contribution in [1.82, 2.24) is 25.3 Å². The Morgan fingerprint density at radius 3 is 2.84 bits per heavy atom. The fourth-order valence-electron chi connectivity index (χ4n) is 4.01. The highest BCUT2D eigenvalue weighted by atomic mass is 19.4. The number of benzene rings is 1. The normalized spacial score (nSPS) is 13.8. The molecule has 1 aromatic carbocycles. The fraction of sp³-hybridized carbons (Fsp3) is 0.261. The molecule has 0 atom stereocenters. The van der Waals surface area contributed by atoms with Gasteiger partial charge in [-0.3, -0.25) is 4.98 Å². The first-order chi connectivity index (χ1) is 15.5. The van der Waals surface area contributed by atoms with E-state index in [0.29, 0.717) is 18.9 Å². The highest BCUT2D eigenvalue weighted by Crippen LogP contribution is 2.32. The van der Waals surface area contributed by atoms with Gasteiger partial charge in [-0.25, -0.2) is 9.97 Å². The summed E-state index contributed by atoms with van der Waals surface area (Å²) in [5, 5.41) is 7.84. The first-order valence-electron chi connectivity index (χ1n) is 10.4. The molecule has 3 N–H and O–H groups in total. The lowest BCUT2D eigenvalue weighted by molar-refractivity contribution is -0.137. The number of para-hydroxylation sites is 1. The molecule has 32 heavy (non-hydrogen) atoms. The zero-order valence-electron chi connectivity index (χ0n) is 17.1. The Balaban J connectivity index is 1.43. The van der Waals surface area contributed by atoms with Gasteiger partial charge in [0, 0.05) is 53.7 Å². The van der Waals surface area contributed by atoms with Crippen molar-refractivity contribution in [2.75, 3.05) is 18.4 Å². The van der Waals surface area contributed by atoms with Crippen LogP contribution >= 0.6 is 0 Å². The first kappa shape index (κ1) is 20.4. The Kier molecular flexibility index (Phi) is 5.26. The van der Waals surface area contributed by atoms with E-state index in [4.69, 9.17) is 0 Å². The predicted octanol–water partition coefficient (Wildman–Crippen LogP) is 4.34. The molecule has 1 aliphatic rings. The van der Waals surface area contributed by atoms with Gasteiger partial charge in [0.2, 0.25) is 0 Å². The fourth-order valence-corrected chi connectivity index (χ4v) is 4.01. The lowest BCUT2D eigenvalue weighted by atomic mass is 10.1. The molecular formula is C23H21F3N6. The van der Waals surface area contributed by atoms with Gasteiger partial charge in [-0.05, 0) is 37.1 Å². The van der Waals surface area contributed by atoms with E-state index in [-0.39, 0.29) is 11.4 Å². The summed E-state index contributed by atoms with van der Waals surface area (Å²) < 4.78 is 39.4. The molecule has 6 nitrogen and oxygen atoms in total. The van der Waals surface area contributed by atoms with Crippen LogP contribution in [0.15, 0.2) is 48.9 Å². The number of nitrogens with zero attached hydrogens (tertiary/aromatic N) is 3. The number of aromatic nitrogens is 4. The van der Waals surface area contributed by atoms with E-state index in [1.54, 1.807) is 0 Å². The minimum Gasteiger partial charge on any atom is -0.369 e. The number of H-pyrrole nitrogens is 1. The van der Waals surface area contributed by atoms with Gasteiger partial charge in [-0.2, -0.15) is 13.2 Å². The number of hydrogen-bond donors (Lipinski definition) is 3. The Hall–Kier alpha value is -3.46. The van der Waals surface area contributed by atoms with Crippen molar-refractivity contribution in [3.63, 3.8) is 0 Å². The molecule has 4 heterocycles. The van der Waals surface area contributed by atoms with Crippen molar-refractivity contribution in [2.24, 2.45) is 0 Å². The Bertz CT molecular complexity index is 1260. The van der Waals surface area contributed by atoms with E-state index in [1.165, 1.54) is 17.1 Å². The second kappa shape index (κ2) is 8.23. The zero-order valence-corrected chi connectivity index (χ0v) is 17.1. The number of pyridine rings is 1. The monoisotopic (exact) mass is 438 g/mol. The van der Waals surface area contributed by atoms with E-state index in [1.807, 2.05) is 24.4 Å². The third kappa shape index (κ3) is 4.03. The standard InChI is InChI=1S/C23H21F3N6/c24-23(25,26)16-9-15(10-28-12-16)21-31-20-13-27-7-6-18(20)22(32-21)29-8-5-14-11-30-19-4-2-1-3-17(14)19/h1-4,9-12,27,30H,5-8,13H2,(H,29,31,32). The van der Waals surface area contributed by atoms with Gasteiger partial charge in [-0.1, -0.05) is 18.2 Å². The Labute approximate surface area is 182 Å². The number of alkyl halides is 3. The van der Waals surface area contributed by atoms with E-state index >= 15 is 0 Å². The van der Waals surface area contributed by atoms with Crippen LogP contribution in [0.4, 0.5) is 19.0 Å². The highest BCUT2D eigenvalue weighted by Gasteiger charge is 2.31. The van der Waals surface area contributed by atoms with Crippen LogP contribution in [0.3, 0.4) is 0 Å². The van der Waals surface area contributed by atoms with Crippen molar-refractivity contribution >= 4 is 16.7 Å². The lowest BCUT2D eigenvalue weighted by Crippen LogP contribution is -2.27. The molecule has 0 fully saturated rings. The molecule has 0 radical (unpaired) electrons. The molecule has 0 amide bonds. The molecule has 5 rings (SSSR count). The Morgan fingerprint density at radius 1 is 1.09 bits per heavy atom. The average molecular weight is 438 g/mol. The lowest BCUT2D eigenvalue weighted by Gasteiger charge is -2.21. The number of nitrogens with one attached hydrogen (secondary N) is 3. The molecule has 164 valence electrons. The van der Waals surface area contributed by atoms with Gasteiger partial charge in [0.25, 0.3) is 0 Å². The first-order valence-corrected chi connectivity index (χ1v) is 10.4. The highest BCUT2D eigenvalue weighted by molar-refractivity contribution is 5.83. The smallest absolute Gasteiger partial charge is 0.369 e. The second-order valence-corrected chi connectivity index (χ2v) is 7.74. The van der Waals surface area contributed by atoms with E-state index < -0.39 is 11.7 Å². The Morgan fingerprint density at radius 2 is 1.97 bits per heavy atom. The molecule has 4 aromatic rings. The maximum Gasteiger partial charge on any atom is 0.417 e. The van der Waals surface area contributed by atoms with Crippen molar-refractivity contribution in [3.8, 4) is 11.4 Å². The number of anilines is 1. The molecule has 9 heteroatoms. The van der Waals surface area contributed by atoms with Gasteiger partial charge in [0.1, 0.15) is 5.82 Å². The topological polar surface area (TPSA) is 78.5 Å². The predicted molar refractivity (Wildman–Crippen MR) is 116 cm³/mol. The maximum atomic E-state index is 13.1. The zero-order chi connectivity index (χ0) is 22.1. The van der Waals surface area contributed by atoms with Gasteiger partial charge in [0.05, 0.1) is 11.3 Å². The van der Waals surface area contributed by atoms with E-state index in [0.717, 1.165) is 48.4 Å². The summed E-state index contributed by atoms with van der Waals surface area (Å²) in [7, 11) is 0. The van der Waals surface area contributed by atoms with Crippen molar-refractivity contribution in [3.05, 3.63) is 71.3 Å². The summed E-state index contributed by atoms with van der Waals surface area (Å²) in [6.07, 6.45) is 1.24. The quantitative estimate of drug-likeness (QED) is 0.432. The molecular weight excluding hydrogens is 417 g/mol. The minimum absolute atomic E-state index is 0.237. The van der Waals surface area contributed by atoms with Crippen LogP contribution in [-0.4, -0.2) is 33.0 Å². The van der Waals surface area contributed by atoms with Gasteiger partial charge in [0.15, 0.2) is 5.82 Å². The van der Waals surface area contributed by atoms with Crippen molar-refractivity contribution in [2.45, 2.75) is 25.6 Å². The summed E-state index contributed by atoms with van der Waals surface area (Å²) >= 11 is 0. The van der Waals surface area contributed by atoms with Crippen LogP contribution in [-0.2, 0) is 25.6 Å². The SMILES string of the molecule is FC(F)(F)c1cncc(-c2nc3c(c(NCCc4c[nH]c5ccccc45)n2)CCNC3)c1. The maximum absolute atomic E-state index is 13.1. The van der Waals surface area contributed by atoms with Crippen LogP contribution in [0.1, 0.15) is 22.4 Å². The number of hydrogen-bond acceptors (Lipinski definition) is 5. The number of rotatable bonds is 5. The van der Waals surface area contributed by atoms with Crippen LogP contribution in [0, 0.1) is 0 Å². The molecule has 0 unspecified atom stereocenters. The third-order valence-corrected chi connectivity index (χ3v) is 5.62. The third-order valence-electron chi connectivity index (χ3n) is 5.62.